The summed E-state index contributed by atoms with van der Waals surface area (Å²) in [5, 5.41) is 4.21. The molecule has 1 aromatic heterocycles. The van der Waals surface area contributed by atoms with Crippen LogP contribution in [0, 0.1) is 0 Å². The van der Waals surface area contributed by atoms with E-state index in [2.05, 4.69) is 63.5 Å². The van der Waals surface area contributed by atoms with Crippen molar-refractivity contribution in [2.75, 3.05) is 13.7 Å². The summed E-state index contributed by atoms with van der Waals surface area (Å²) in [6, 6.07) is 17.8. The van der Waals surface area contributed by atoms with Crippen molar-refractivity contribution in [2.45, 2.75) is 32.0 Å². The SMILES string of the molecule is COc1ccc(CN2CCC[C@H]2c2ccccc2)cc1Cn1cncn1. The Kier molecular flexibility index (Phi) is 4.97. The highest BCUT2D eigenvalue weighted by atomic mass is 16.5. The lowest BCUT2D eigenvalue weighted by atomic mass is 10.0. The van der Waals surface area contributed by atoms with E-state index < -0.39 is 0 Å². The molecular formula is C21H24N4O. The number of benzene rings is 2. The van der Waals surface area contributed by atoms with Gasteiger partial charge in [-0.25, -0.2) is 9.67 Å². The highest BCUT2D eigenvalue weighted by Gasteiger charge is 2.25. The fourth-order valence-electron chi connectivity index (χ4n) is 3.85. The van der Waals surface area contributed by atoms with E-state index in [1.807, 2.05) is 4.68 Å². The molecule has 1 saturated heterocycles. The standard InChI is InChI=1S/C21H24N4O/c1-26-21-10-9-17(12-19(21)14-25-16-22-15-23-25)13-24-11-5-8-20(24)18-6-3-2-4-7-18/h2-4,6-7,9-10,12,15-16,20H,5,8,11,13-14H2,1H3/t20-/m0/s1. The Morgan fingerprint density at radius 1 is 1.12 bits per heavy atom. The number of rotatable bonds is 6. The predicted octanol–water partition coefficient (Wildman–Crippen LogP) is 3.67. The van der Waals surface area contributed by atoms with Crippen LogP contribution in [-0.4, -0.2) is 33.3 Å². The monoisotopic (exact) mass is 348 g/mol. The van der Waals surface area contributed by atoms with Crippen molar-refractivity contribution in [1.29, 1.82) is 0 Å². The van der Waals surface area contributed by atoms with Crippen LogP contribution in [-0.2, 0) is 13.1 Å². The number of ether oxygens (including phenoxy) is 1. The van der Waals surface area contributed by atoms with Crippen LogP contribution in [0.4, 0.5) is 0 Å². The second-order valence-electron chi connectivity index (χ2n) is 6.78. The van der Waals surface area contributed by atoms with Crippen LogP contribution in [0.5, 0.6) is 5.75 Å². The Hall–Kier alpha value is -2.66. The van der Waals surface area contributed by atoms with Crippen LogP contribution in [0.15, 0.2) is 61.2 Å². The van der Waals surface area contributed by atoms with E-state index in [0.29, 0.717) is 12.6 Å². The Morgan fingerprint density at radius 2 is 2.00 bits per heavy atom. The molecule has 0 bridgehead atoms. The molecule has 0 spiro atoms. The highest BCUT2D eigenvalue weighted by Crippen LogP contribution is 2.33. The Bertz CT molecular complexity index is 832. The van der Waals surface area contributed by atoms with Crippen molar-refractivity contribution in [1.82, 2.24) is 19.7 Å². The number of hydrogen-bond acceptors (Lipinski definition) is 4. The van der Waals surface area contributed by atoms with E-state index in [1.54, 1.807) is 19.8 Å². The number of aromatic nitrogens is 3. The molecule has 134 valence electrons. The largest absolute Gasteiger partial charge is 0.496 e. The summed E-state index contributed by atoms with van der Waals surface area (Å²) in [7, 11) is 1.71. The summed E-state index contributed by atoms with van der Waals surface area (Å²) < 4.78 is 7.36. The fourth-order valence-corrected chi connectivity index (χ4v) is 3.85. The Labute approximate surface area is 154 Å². The lowest BCUT2D eigenvalue weighted by Gasteiger charge is -2.25. The van der Waals surface area contributed by atoms with Crippen LogP contribution in [0.25, 0.3) is 0 Å². The zero-order valence-corrected chi connectivity index (χ0v) is 15.1. The molecule has 1 fully saturated rings. The van der Waals surface area contributed by atoms with Gasteiger partial charge in [0.25, 0.3) is 0 Å². The zero-order chi connectivity index (χ0) is 17.8. The van der Waals surface area contributed by atoms with Crippen molar-refractivity contribution >= 4 is 0 Å². The fraction of sp³-hybridized carbons (Fsp3) is 0.333. The first-order valence-electron chi connectivity index (χ1n) is 9.10. The van der Waals surface area contributed by atoms with Gasteiger partial charge in [-0.15, -0.1) is 0 Å². The molecular weight excluding hydrogens is 324 g/mol. The molecule has 0 N–H and O–H groups in total. The number of methoxy groups -OCH3 is 1. The van der Waals surface area contributed by atoms with Crippen LogP contribution < -0.4 is 4.74 Å². The number of likely N-dealkylation sites (tertiary alicyclic amines) is 1. The molecule has 0 amide bonds. The maximum atomic E-state index is 5.53. The van der Waals surface area contributed by atoms with Crippen LogP contribution in [0.1, 0.15) is 35.6 Å². The van der Waals surface area contributed by atoms with Gasteiger partial charge < -0.3 is 4.74 Å². The zero-order valence-electron chi connectivity index (χ0n) is 15.1. The van der Waals surface area contributed by atoms with Gasteiger partial charge in [-0.2, -0.15) is 5.10 Å². The molecule has 2 aromatic carbocycles. The Morgan fingerprint density at radius 3 is 2.77 bits per heavy atom. The third-order valence-corrected chi connectivity index (χ3v) is 5.08. The van der Waals surface area contributed by atoms with E-state index in [-0.39, 0.29) is 0 Å². The summed E-state index contributed by atoms with van der Waals surface area (Å²) in [4.78, 5) is 6.61. The topological polar surface area (TPSA) is 43.2 Å². The molecule has 26 heavy (non-hydrogen) atoms. The van der Waals surface area contributed by atoms with Crippen molar-refractivity contribution in [2.24, 2.45) is 0 Å². The molecule has 0 unspecified atom stereocenters. The van der Waals surface area contributed by atoms with Crippen LogP contribution in [0.3, 0.4) is 0 Å². The summed E-state index contributed by atoms with van der Waals surface area (Å²) in [6.07, 6.45) is 5.77. The summed E-state index contributed by atoms with van der Waals surface area (Å²) in [5.41, 5.74) is 3.86. The molecule has 1 aliphatic heterocycles. The van der Waals surface area contributed by atoms with Crippen molar-refractivity contribution in [3.8, 4) is 5.75 Å². The average Bonchev–Trinajstić information content (AvgIpc) is 3.35. The van der Waals surface area contributed by atoms with Gasteiger partial charge in [-0.05, 0) is 42.6 Å². The molecule has 1 atom stereocenters. The molecule has 3 aromatic rings. The molecule has 4 rings (SSSR count). The first kappa shape index (κ1) is 16.8. The molecule has 5 nitrogen and oxygen atoms in total. The minimum absolute atomic E-state index is 0.511. The van der Waals surface area contributed by atoms with Gasteiger partial charge in [0, 0.05) is 18.2 Å². The normalized spacial score (nSPS) is 17.5. The van der Waals surface area contributed by atoms with E-state index in [4.69, 9.17) is 4.74 Å². The third-order valence-electron chi connectivity index (χ3n) is 5.08. The lowest BCUT2D eigenvalue weighted by molar-refractivity contribution is 0.248. The molecule has 0 radical (unpaired) electrons. The van der Waals surface area contributed by atoms with Gasteiger partial charge in [-0.3, -0.25) is 4.90 Å². The number of nitrogens with zero attached hydrogens (tertiary/aromatic N) is 4. The van der Waals surface area contributed by atoms with Gasteiger partial charge in [0.15, 0.2) is 0 Å². The first-order chi connectivity index (χ1) is 12.8. The van der Waals surface area contributed by atoms with Crippen molar-refractivity contribution in [3.05, 3.63) is 77.9 Å². The van der Waals surface area contributed by atoms with Crippen molar-refractivity contribution < 1.29 is 4.74 Å². The molecule has 1 aliphatic rings. The highest BCUT2D eigenvalue weighted by molar-refractivity contribution is 5.37. The second kappa shape index (κ2) is 7.70. The molecule has 0 saturated carbocycles. The summed E-state index contributed by atoms with van der Waals surface area (Å²) in [5.74, 6) is 0.894. The molecule has 0 aliphatic carbocycles. The maximum Gasteiger partial charge on any atom is 0.137 e. The van der Waals surface area contributed by atoms with E-state index in [1.165, 1.54) is 24.0 Å². The molecule has 5 heteroatoms. The first-order valence-corrected chi connectivity index (χ1v) is 9.10. The van der Waals surface area contributed by atoms with Gasteiger partial charge in [0.05, 0.1) is 13.7 Å². The quantitative estimate of drug-likeness (QED) is 0.682. The molecule has 2 heterocycles. The van der Waals surface area contributed by atoms with Crippen molar-refractivity contribution in [3.63, 3.8) is 0 Å². The van der Waals surface area contributed by atoms with Crippen LogP contribution in [0.2, 0.25) is 0 Å². The number of hydrogen-bond donors (Lipinski definition) is 0. The minimum Gasteiger partial charge on any atom is -0.496 e. The van der Waals surface area contributed by atoms with E-state index in [9.17, 15) is 0 Å². The average molecular weight is 348 g/mol. The van der Waals surface area contributed by atoms with Gasteiger partial charge >= 0.3 is 0 Å². The smallest absolute Gasteiger partial charge is 0.137 e. The third kappa shape index (κ3) is 3.63. The summed E-state index contributed by atoms with van der Waals surface area (Å²) >= 11 is 0. The van der Waals surface area contributed by atoms with Crippen LogP contribution >= 0.6 is 0 Å². The van der Waals surface area contributed by atoms with Gasteiger partial charge in [0.1, 0.15) is 18.4 Å². The predicted molar refractivity (Wildman–Crippen MR) is 101 cm³/mol. The van der Waals surface area contributed by atoms with Gasteiger partial charge in [-0.1, -0.05) is 36.4 Å². The van der Waals surface area contributed by atoms with E-state index >= 15 is 0 Å². The van der Waals surface area contributed by atoms with Gasteiger partial charge in [0.2, 0.25) is 0 Å². The lowest BCUT2D eigenvalue weighted by Crippen LogP contribution is -2.22. The maximum absolute atomic E-state index is 5.53. The summed E-state index contributed by atoms with van der Waals surface area (Å²) in [6.45, 7) is 2.76. The van der Waals surface area contributed by atoms with E-state index in [0.717, 1.165) is 24.4 Å². The minimum atomic E-state index is 0.511. The second-order valence-corrected chi connectivity index (χ2v) is 6.78. The Balaban J connectivity index is 1.54.